The molecular weight excluding hydrogens is 274 g/mol. The quantitative estimate of drug-likeness (QED) is 0.925. The fourth-order valence-electron chi connectivity index (χ4n) is 2.18. The molecule has 0 radical (unpaired) electrons. The zero-order chi connectivity index (χ0) is 14.7. The van der Waals surface area contributed by atoms with Gasteiger partial charge in [-0.1, -0.05) is 29.8 Å². The molecule has 4 heteroatoms. The van der Waals surface area contributed by atoms with Gasteiger partial charge in [0.15, 0.2) is 0 Å². The highest BCUT2D eigenvalue weighted by Gasteiger charge is 2.10. The molecule has 0 heterocycles. The van der Waals surface area contributed by atoms with E-state index in [1.807, 2.05) is 44.3 Å². The molecule has 0 amide bonds. The molecule has 2 aromatic carbocycles. The zero-order valence-corrected chi connectivity index (χ0v) is 12.2. The number of carbonyl (C=O) groups is 1. The van der Waals surface area contributed by atoms with Gasteiger partial charge in [0.05, 0.1) is 5.56 Å². The smallest absolute Gasteiger partial charge is 0.335 e. The van der Waals surface area contributed by atoms with Crippen LogP contribution in [0.2, 0.25) is 5.02 Å². The van der Waals surface area contributed by atoms with Crippen LogP contribution in [0.5, 0.6) is 0 Å². The van der Waals surface area contributed by atoms with Crippen molar-refractivity contribution >= 4 is 23.3 Å². The van der Waals surface area contributed by atoms with E-state index >= 15 is 0 Å². The Morgan fingerprint density at radius 1 is 1.25 bits per heavy atom. The van der Waals surface area contributed by atoms with Gasteiger partial charge in [-0.2, -0.15) is 0 Å². The molecule has 0 aliphatic heterocycles. The second-order valence-electron chi connectivity index (χ2n) is 4.75. The van der Waals surface area contributed by atoms with E-state index in [2.05, 4.69) is 4.90 Å². The topological polar surface area (TPSA) is 40.5 Å². The lowest BCUT2D eigenvalue weighted by molar-refractivity contribution is 0.0697. The Labute approximate surface area is 123 Å². The van der Waals surface area contributed by atoms with Crippen LogP contribution in [-0.2, 0) is 6.54 Å². The third-order valence-corrected chi connectivity index (χ3v) is 3.59. The number of anilines is 1. The number of carboxylic acid groups (broad SMARTS) is 1. The fraction of sp³-hybridized carbons (Fsp3) is 0.188. The molecular formula is C16H16ClNO2. The predicted octanol–water partition coefficient (Wildman–Crippen LogP) is 3.98. The second-order valence-corrected chi connectivity index (χ2v) is 5.16. The number of hydrogen-bond donors (Lipinski definition) is 1. The molecule has 0 aliphatic rings. The van der Waals surface area contributed by atoms with Crippen molar-refractivity contribution < 1.29 is 9.90 Å². The fourth-order valence-corrected chi connectivity index (χ4v) is 2.38. The van der Waals surface area contributed by atoms with Gasteiger partial charge in [-0.05, 0) is 42.3 Å². The first kappa shape index (κ1) is 14.4. The van der Waals surface area contributed by atoms with E-state index in [0.717, 1.165) is 21.8 Å². The largest absolute Gasteiger partial charge is 0.478 e. The van der Waals surface area contributed by atoms with Gasteiger partial charge in [0.1, 0.15) is 0 Å². The van der Waals surface area contributed by atoms with Crippen molar-refractivity contribution in [2.45, 2.75) is 13.5 Å². The van der Waals surface area contributed by atoms with Crippen molar-refractivity contribution in [1.29, 1.82) is 0 Å². The average Bonchev–Trinajstić information content (AvgIpc) is 2.41. The lowest BCUT2D eigenvalue weighted by Crippen LogP contribution is -2.18. The van der Waals surface area contributed by atoms with Gasteiger partial charge in [-0.15, -0.1) is 0 Å². The van der Waals surface area contributed by atoms with Crippen LogP contribution in [0.1, 0.15) is 21.5 Å². The SMILES string of the molecule is Cc1cc(C(=O)O)ccc1N(C)Cc1ccccc1Cl. The molecule has 104 valence electrons. The van der Waals surface area contributed by atoms with Crippen LogP contribution in [-0.4, -0.2) is 18.1 Å². The van der Waals surface area contributed by atoms with Crippen LogP contribution in [0.4, 0.5) is 5.69 Å². The first-order valence-electron chi connectivity index (χ1n) is 6.27. The van der Waals surface area contributed by atoms with Crippen molar-refractivity contribution in [3.63, 3.8) is 0 Å². The van der Waals surface area contributed by atoms with Crippen molar-refractivity contribution in [2.24, 2.45) is 0 Å². The van der Waals surface area contributed by atoms with Crippen LogP contribution < -0.4 is 4.90 Å². The summed E-state index contributed by atoms with van der Waals surface area (Å²) in [5.74, 6) is -0.909. The minimum atomic E-state index is -0.909. The summed E-state index contributed by atoms with van der Waals surface area (Å²) in [7, 11) is 1.96. The summed E-state index contributed by atoms with van der Waals surface area (Å²) >= 11 is 6.16. The van der Waals surface area contributed by atoms with E-state index < -0.39 is 5.97 Å². The van der Waals surface area contributed by atoms with Gasteiger partial charge in [0.25, 0.3) is 0 Å². The van der Waals surface area contributed by atoms with Crippen LogP contribution in [0.3, 0.4) is 0 Å². The Morgan fingerprint density at radius 2 is 1.95 bits per heavy atom. The number of halogens is 1. The van der Waals surface area contributed by atoms with Gasteiger partial charge in [-0.3, -0.25) is 0 Å². The summed E-state index contributed by atoms with van der Waals surface area (Å²) in [6.45, 7) is 2.58. The first-order valence-corrected chi connectivity index (χ1v) is 6.65. The summed E-state index contributed by atoms with van der Waals surface area (Å²) in [5.41, 5.74) is 3.27. The highest BCUT2D eigenvalue weighted by atomic mass is 35.5. The van der Waals surface area contributed by atoms with Crippen LogP contribution in [0.25, 0.3) is 0 Å². The number of nitrogens with zero attached hydrogens (tertiary/aromatic N) is 1. The first-order chi connectivity index (χ1) is 9.49. The molecule has 0 saturated heterocycles. The summed E-state index contributed by atoms with van der Waals surface area (Å²) in [5, 5.41) is 9.71. The Bertz CT molecular complexity index is 640. The van der Waals surface area contributed by atoms with E-state index in [9.17, 15) is 4.79 Å². The molecule has 2 rings (SSSR count). The van der Waals surface area contributed by atoms with E-state index in [1.165, 1.54) is 0 Å². The number of hydrogen-bond acceptors (Lipinski definition) is 2. The highest BCUT2D eigenvalue weighted by Crippen LogP contribution is 2.24. The summed E-state index contributed by atoms with van der Waals surface area (Å²) < 4.78 is 0. The lowest BCUT2D eigenvalue weighted by atomic mass is 10.1. The van der Waals surface area contributed by atoms with E-state index in [4.69, 9.17) is 16.7 Å². The number of carboxylic acids is 1. The number of aromatic carboxylic acids is 1. The molecule has 0 aliphatic carbocycles. The van der Waals surface area contributed by atoms with Gasteiger partial charge >= 0.3 is 5.97 Å². The third-order valence-electron chi connectivity index (χ3n) is 3.22. The standard InChI is InChI=1S/C16H16ClNO2/c1-11-9-12(16(19)20)7-8-15(11)18(2)10-13-5-3-4-6-14(13)17/h3-9H,10H2,1-2H3,(H,19,20). The van der Waals surface area contributed by atoms with E-state index in [-0.39, 0.29) is 0 Å². The highest BCUT2D eigenvalue weighted by molar-refractivity contribution is 6.31. The summed E-state index contributed by atoms with van der Waals surface area (Å²) in [4.78, 5) is 13.0. The molecule has 0 saturated carbocycles. The molecule has 0 bridgehead atoms. The van der Waals surface area contributed by atoms with Gasteiger partial charge < -0.3 is 10.0 Å². The molecule has 2 aromatic rings. The van der Waals surface area contributed by atoms with Gasteiger partial charge in [0.2, 0.25) is 0 Å². The van der Waals surface area contributed by atoms with Crippen molar-refractivity contribution in [3.8, 4) is 0 Å². The van der Waals surface area contributed by atoms with Crippen molar-refractivity contribution in [1.82, 2.24) is 0 Å². The number of rotatable bonds is 4. The van der Waals surface area contributed by atoms with Crippen LogP contribution in [0, 0.1) is 6.92 Å². The number of benzene rings is 2. The predicted molar refractivity (Wildman–Crippen MR) is 81.7 cm³/mol. The molecule has 3 nitrogen and oxygen atoms in total. The number of aryl methyl sites for hydroxylation is 1. The Hall–Kier alpha value is -2.00. The van der Waals surface area contributed by atoms with E-state index in [1.54, 1.807) is 12.1 Å². The second kappa shape index (κ2) is 5.97. The molecule has 20 heavy (non-hydrogen) atoms. The Morgan fingerprint density at radius 3 is 2.55 bits per heavy atom. The molecule has 0 unspecified atom stereocenters. The maximum absolute atomic E-state index is 10.9. The molecule has 0 spiro atoms. The monoisotopic (exact) mass is 289 g/mol. The maximum atomic E-state index is 10.9. The summed E-state index contributed by atoms with van der Waals surface area (Å²) in [6, 6.07) is 12.8. The lowest BCUT2D eigenvalue weighted by Gasteiger charge is -2.22. The molecule has 0 atom stereocenters. The minimum absolute atomic E-state index is 0.303. The van der Waals surface area contributed by atoms with Crippen molar-refractivity contribution in [3.05, 3.63) is 64.2 Å². The minimum Gasteiger partial charge on any atom is -0.478 e. The van der Waals surface area contributed by atoms with Gasteiger partial charge in [-0.25, -0.2) is 4.79 Å². The Kier molecular flexibility index (Phi) is 4.30. The Balaban J connectivity index is 2.23. The van der Waals surface area contributed by atoms with Crippen molar-refractivity contribution in [2.75, 3.05) is 11.9 Å². The molecule has 0 fully saturated rings. The zero-order valence-electron chi connectivity index (χ0n) is 11.4. The average molecular weight is 290 g/mol. The van der Waals surface area contributed by atoms with E-state index in [0.29, 0.717) is 12.1 Å². The summed E-state index contributed by atoms with van der Waals surface area (Å²) in [6.07, 6.45) is 0. The van der Waals surface area contributed by atoms with Crippen LogP contribution in [0.15, 0.2) is 42.5 Å². The normalized spacial score (nSPS) is 10.3. The maximum Gasteiger partial charge on any atom is 0.335 e. The van der Waals surface area contributed by atoms with Crippen LogP contribution >= 0.6 is 11.6 Å². The van der Waals surface area contributed by atoms with Gasteiger partial charge in [0, 0.05) is 24.3 Å². The molecule has 1 N–H and O–H groups in total. The third kappa shape index (κ3) is 3.11. The molecule has 0 aromatic heterocycles.